The maximum absolute atomic E-state index is 12.3. The van der Waals surface area contributed by atoms with Crippen molar-refractivity contribution >= 4 is 44.8 Å². The molecule has 1 N–H and O–H groups in total. The molecular weight excluding hydrogens is 399 g/mol. The molecule has 0 saturated heterocycles. The fraction of sp³-hybridized carbons (Fsp3) is 0.235. The Bertz CT molecular complexity index is 917. The fourth-order valence-corrected chi connectivity index (χ4v) is 3.29. The van der Waals surface area contributed by atoms with Crippen LogP contribution in [0.1, 0.15) is 6.92 Å². The van der Waals surface area contributed by atoms with Crippen LogP contribution in [0.4, 0.5) is 5.69 Å². The van der Waals surface area contributed by atoms with Crippen LogP contribution >= 0.6 is 23.2 Å². The number of hydrogen-bond acceptors (Lipinski definition) is 4. The van der Waals surface area contributed by atoms with Gasteiger partial charge in [0, 0.05) is 19.8 Å². The molecule has 0 heterocycles. The van der Waals surface area contributed by atoms with Gasteiger partial charge in [-0.05, 0) is 37.3 Å². The summed E-state index contributed by atoms with van der Waals surface area (Å²) in [7, 11) is -0.724. The van der Waals surface area contributed by atoms with E-state index in [-0.39, 0.29) is 15.7 Å². The number of anilines is 1. The number of nitrogens with one attached hydrogen (secondary N) is 1. The zero-order chi connectivity index (χ0) is 19.5. The molecule has 9 heteroatoms. The lowest BCUT2D eigenvalue weighted by Crippen LogP contribution is -2.30. The summed E-state index contributed by atoms with van der Waals surface area (Å²) in [4.78, 5) is 12.4. The summed E-state index contributed by atoms with van der Waals surface area (Å²) >= 11 is 12.0. The number of carbonyl (C=O) groups excluding carboxylic acids is 1. The summed E-state index contributed by atoms with van der Waals surface area (Å²) in [6.07, 6.45) is -0.875. The molecule has 0 radical (unpaired) electrons. The fourth-order valence-electron chi connectivity index (χ4n) is 2.01. The largest absolute Gasteiger partial charge is 0.479 e. The van der Waals surface area contributed by atoms with Crippen molar-refractivity contribution in [3.63, 3.8) is 0 Å². The van der Waals surface area contributed by atoms with Gasteiger partial charge in [0.1, 0.15) is 10.8 Å². The molecule has 1 amide bonds. The van der Waals surface area contributed by atoms with Crippen LogP contribution in [0.2, 0.25) is 10.0 Å². The van der Waals surface area contributed by atoms with E-state index < -0.39 is 22.0 Å². The van der Waals surface area contributed by atoms with Crippen LogP contribution in [0, 0.1) is 0 Å². The van der Waals surface area contributed by atoms with Gasteiger partial charge in [-0.2, -0.15) is 0 Å². The van der Waals surface area contributed by atoms with Crippen LogP contribution < -0.4 is 10.1 Å². The number of amides is 1. The summed E-state index contributed by atoms with van der Waals surface area (Å²) in [6, 6.07) is 10.8. The van der Waals surface area contributed by atoms with Gasteiger partial charge in [-0.25, -0.2) is 12.7 Å². The third-order valence-electron chi connectivity index (χ3n) is 3.47. The van der Waals surface area contributed by atoms with Gasteiger partial charge in [-0.3, -0.25) is 4.79 Å². The Morgan fingerprint density at radius 2 is 1.81 bits per heavy atom. The number of ether oxygens (including phenoxy) is 1. The van der Waals surface area contributed by atoms with E-state index in [1.807, 2.05) is 0 Å². The van der Waals surface area contributed by atoms with Crippen molar-refractivity contribution in [2.75, 3.05) is 19.4 Å². The minimum absolute atomic E-state index is 0.0757. The number of carbonyl (C=O) groups is 1. The molecule has 0 aliphatic carbocycles. The molecule has 1 atom stereocenters. The summed E-state index contributed by atoms with van der Waals surface area (Å²) in [6.45, 7) is 1.55. The van der Waals surface area contributed by atoms with Crippen molar-refractivity contribution in [3.8, 4) is 5.75 Å². The van der Waals surface area contributed by atoms with Crippen LogP contribution in [0.15, 0.2) is 47.4 Å². The van der Waals surface area contributed by atoms with Gasteiger partial charge in [0.05, 0.1) is 9.92 Å². The number of sulfonamides is 1. The Kier molecular flexibility index (Phi) is 6.52. The van der Waals surface area contributed by atoms with Crippen molar-refractivity contribution < 1.29 is 17.9 Å². The lowest BCUT2D eigenvalue weighted by molar-refractivity contribution is -0.122. The zero-order valence-corrected chi connectivity index (χ0v) is 16.7. The van der Waals surface area contributed by atoms with Crippen molar-refractivity contribution in [3.05, 3.63) is 52.5 Å². The molecule has 0 aliphatic rings. The molecule has 0 unspecified atom stereocenters. The van der Waals surface area contributed by atoms with Crippen molar-refractivity contribution in [1.29, 1.82) is 0 Å². The Morgan fingerprint density at radius 3 is 2.46 bits per heavy atom. The molecular formula is C17H18Cl2N2O4S. The molecule has 0 spiro atoms. The monoisotopic (exact) mass is 416 g/mol. The van der Waals surface area contributed by atoms with Crippen LogP contribution in [-0.2, 0) is 14.8 Å². The van der Waals surface area contributed by atoms with Gasteiger partial charge in [0.15, 0.2) is 6.10 Å². The van der Waals surface area contributed by atoms with E-state index in [4.69, 9.17) is 27.9 Å². The maximum Gasteiger partial charge on any atom is 0.265 e. The van der Waals surface area contributed by atoms with Gasteiger partial charge >= 0.3 is 0 Å². The van der Waals surface area contributed by atoms with Gasteiger partial charge in [-0.1, -0.05) is 35.3 Å². The number of hydrogen-bond donors (Lipinski definition) is 1. The van der Waals surface area contributed by atoms with Crippen LogP contribution in [0.3, 0.4) is 0 Å². The van der Waals surface area contributed by atoms with E-state index in [0.717, 1.165) is 4.31 Å². The number of rotatable bonds is 6. The first kappa shape index (κ1) is 20.5. The zero-order valence-electron chi connectivity index (χ0n) is 14.4. The molecule has 0 bridgehead atoms. The minimum atomic E-state index is -3.60. The van der Waals surface area contributed by atoms with Crippen LogP contribution in [-0.4, -0.2) is 38.8 Å². The first-order chi connectivity index (χ1) is 12.1. The van der Waals surface area contributed by atoms with E-state index in [1.165, 1.54) is 26.2 Å². The minimum Gasteiger partial charge on any atom is -0.479 e. The molecule has 0 aliphatic heterocycles. The molecule has 140 valence electrons. The third-order valence-corrected chi connectivity index (χ3v) is 6.08. The first-order valence-electron chi connectivity index (χ1n) is 7.57. The second-order valence-electron chi connectivity index (χ2n) is 5.62. The lowest BCUT2D eigenvalue weighted by Gasteiger charge is -2.17. The molecule has 6 nitrogen and oxygen atoms in total. The lowest BCUT2D eigenvalue weighted by atomic mass is 10.3. The average Bonchev–Trinajstić information content (AvgIpc) is 2.59. The Balaban J connectivity index is 2.13. The number of halogens is 2. The van der Waals surface area contributed by atoms with Crippen LogP contribution in [0.25, 0.3) is 0 Å². The molecule has 0 saturated carbocycles. The van der Waals surface area contributed by atoms with E-state index >= 15 is 0 Å². The standard InChI is InChI=1S/C17H18Cl2N2O4S/c1-11(25-15-9-5-8-14(18)16(15)19)17(22)20-12-6-4-7-13(10-12)26(23,24)21(2)3/h4-11H,1-3H3,(H,20,22)/t11-/m1/s1. The van der Waals surface area contributed by atoms with E-state index in [0.29, 0.717) is 10.7 Å². The van der Waals surface area contributed by atoms with Crippen LogP contribution in [0.5, 0.6) is 5.75 Å². The highest BCUT2D eigenvalue weighted by Crippen LogP contribution is 2.32. The molecule has 0 fully saturated rings. The van der Waals surface area contributed by atoms with Gasteiger partial charge < -0.3 is 10.1 Å². The second kappa shape index (κ2) is 8.26. The molecule has 2 rings (SSSR count). The molecule has 2 aromatic carbocycles. The van der Waals surface area contributed by atoms with Crippen molar-refractivity contribution in [2.45, 2.75) is 17.9 Å². The highest BCUT2D eigenvalue weighted by atomic mass is 35.5. The predicted octanol–water partition coefficient (Wildman–Crippen LogP) is 3.65. The molecule has 0 aromatic heterocycles. The summed E-state index contributed by atoms with van der Waals surface area (Å²) in [5.74, 6) is -0.175. The Labute approximate surface area is 162 Å². The average molecular weight is 417 g/mol. The SMILES string of the molecule is C[C@@H](Oc1cccc(Cl)c1Cl)C(=O)Nc1cccc(S(=O)(=O)N(C)C)c1. The normalized spacial score (nSPS) is 12.7. The number of nitrogens with zero attached hydrogens (tertiary/aromatic N) is 1. The first-order valence-corrected chi connectivity index (χ1v) is 9.76. The van der Waals surface area contributed by atoms with Crippen molar-refractivity contribution in [1.82, 2.24) is 4.31 Å². The summed E-state index contributed by atoms with van der Waals surface area (Å²) < 4.78 is 31.0. The Hall–Kier alpha value is -1.80. The van der Waals surface area contributed by atoms with Gasteiger partial charge in [0.25, 0.3) is 5.91 Å². The maximum atomic E-state index is 12.3. The predicted molar refractivity (Wildman–Crippen MR) is 102 cm³/mol. The number of benzene rings is 2. The van der Waals surface area contributed by atoms with E-state index in [9.17, 15) is 13.2 Å². The molecule has 2 aromatic rings. The quantitative estimate of drug-likeness (QED) is 0.779. The summed E-state index contributed by atoms with van der Waals surface area (Å²) in [5, 5.41) is 3.16. The molecule has 26 heavy (non-hydrogen) atoms. The van der Waals surface area contributed by atoms with E-state index in [1.54, 1.807) is 37.3 Å². The second-order valence-corrected chi connectivity index (χ2v) is 8.55. The third kappa shape index (κ3) is 4.67. The smallest absolute Gasteiger partial charge is 0.265 e. The van der Waals surface area contributed by atoms with Crippen molar-refractivity contribution in [2.24, 2.45) is 0 Å². The highest BCUT2D eigenvalue weighted by molar-refractivity contribution is 7.89. The topological polar surface area (TPSA) is 75.7 Å². The highest BCUT2D eigenvalue weighted by Gasteiger charge is 2.20. The van der Waals surface area contributed by atoms with Gasteiger partial charge in [0.2, 0.25) is 10.0 Å². The van der Waals surface area contributed by atoms with Gasteiger partial charge in [-0.15, -0.1) is 0 Å². The van der Waals surface area contributed by atoms with E-state index in [2.05, 4.69) is 5.32 Å². The Morgan fingerprint density at radius 1 is 1.15 bits per heavy atom. The summed E-state index contributed by atoms with van der Waals surface area (Å²) in [5.41, 5.74) is 0.338.